The van der Waals surface area contributed by atoms with Crippen molar-refractivity contribution in [3.05, 3.63) is 0 Å². The van der Waals surface area contributed by atoms with Crippen molar-refractivity contribution in [2.75, 3.05) is 37.8 Å². The SMILES string of the molecule is CCOCC(O)CNCC1CCSC1. The van der Waals surface area contributed by atoms with Crippen LogP contribution in [0.1, 0.15) is 13.3 Å². The third-order valence-corrected chi connectivity index (χ3v) is 3.58. The van der Waals surface area contributed by atoms with E-state index in [0.29, 0.717) is 19.8 Å². The van der Waals surface area contributed by atoms with E-state index in [1.165, 1.54) is 17.9 Å². The molecule has 4 heteroatoms. The molecule has 0 aromatic rings. The largest absolute Gasteiger partial charge is 0.389 e. The number of thioether (sulfide) groups is 1. The minimum atomic E-state index is -0.357. The first-order chi connectivity index (χ1) is 6.83. The Morgan fingerprint density at radius 3 is 3.14 bits per heavy atom. The number of hydrogen-bond acceptors (Lipinski definition) is 4. The Bertz CT molecular complexity index is 140. The first kappa shape index (κ1) is 12.3. The van der Waals surface area contributed by atoms with Gasteiger partial charge in [-0.1, -0.05) is 0 Å². The van der Waals surface area contributed by atoms with Crippen molar-refractivity contribution in [1.82, 2.24) is 5.32 Å². The van der Waals surface area contributed by atoms with Crippen LogP contribution in [0.25, 0.3) is 0 Å². The number of nitrogens with one attached hydrogen (secondary N) is 1. The van der Waals surface area contributed by atoms with Crippen LogP contribution in [-0.2, 0) is 4.74 Å². The van der Waals surface area contributed by atoms with E-state index >= 15 is 0 Å². The summed E-state index contributed by atoms with van der Waals surface area (Å²) in [6, 6.07) is 0. The summed E-state index contributed by atoms with van der Waals surface area (Å²) >= 11 is 2.03. The van der Waals surface area contributed by atoms with Crippen molar-refractivity contribution in [2.24, 2.45) is 5.92 Å². The van der Waals surface area contributed by atoms with Crippen LogP contribution in [-0.4, -0.2) is 49.0 Å². The maximum Gasteiger partial charge on any atom is 0.0897 e. The Kier molecular flexibility index (Phi) is 6.60. The zero-order valence-corrected chi connectivity index (χ0v) is 9.68. The highest BCUT2D eigenvalue weighted by atomic mass is 32.2. The summed E-state index contributed by atoms with van der Waals surface area (Å²) in [5.74, 6) is 3.38. The molecular weight excluding hydrogens is 198 g/mol. The lowest BCUT2D eigenvalue weighted by Gasteiger charge is -2.13. The van der Waals surface area contributed by atoms with Gasteiger partial charge >= 0.3 is 0 Å². The van der Waals surface area contributed by atoms with Gasteiger partial charge in [0.1, 0.15) is 0 Å². The van der Waals surface area contributed by atoms with E-state index in [9.17, 15) is 5.11 Å². The van der Waals surface area contributed by atoms with Crippen LogP contribution in [0.5, 0.6) is 0 Å². The molecule has 2 N–H and O–H groups in total. The van der Waals surface area contributed by atoms with Crippen molar-refractivity contribution in [2.45, 2.75) is 19.4 Å². The van der Waals surface area contributed by atoms with Gasteiger partial charge < -0.3 is 15.2 Å². The molecule has 0 bridgehead atoms. The fraction of sp³-hybridized carbons (Fsp3) is 1.00. The van der Waals surface area contributed by atoms with Crippen molar-refractivity contribution < 1.29 is 9.84 Å². The standard InChI is InChI=1S/C10H21NO2S/c1-2-13-7-10(12)6-11-5-9-3-4-14-8-9/h9-12H,2-8H2,1H3. The summed E-state index contributed by atoms with van der Waals surface area (Å²) in [7, 11) is 0. The lowest BCUT2D eigenvalue weighted by atomic mass is 10.1. The molecule has 0 aliphatic carbocycles. The molecule has 2 unspecified atom stereocenters. The minimum absolute atomic E-state index is 0.357. The molecule has 0 aromatic carbocycles. The van der Waals surface area contributed by atoms with E-state index in [1.807, 2.05) is 18.7 Å². The van der Waals surface area contributed by atoms with Gasteiger partial charge in [0.2, 0.25) is 0 Å². The van der Waals surface area contributed by atoms with Gasteiger partial charge in [-0.15, -0.1) is 0 Å². The maximum atomic E-state index is 9.46. The van der Waals surface area contributed by atoms with Crippen LogP contribution >= 0.6 is 11.8 Å². The number of aliphatic hydroxyl groups excluding tert-OH is 1. The van der Waals surface area contributed by atoms with Crippen LogP contribution in [0.3, 0.4) is 0 Å². The Labute approximate surface area is 90.6 Å². The minimum Gasteiger partial charge on any atom is -0.389 e. The molecule has 0 radical (unpaired) electrons. The first-order valence-electron chi connectivity index (χ1n) is 5.37. The number of hydrogen-bond donors (Lipinski definition) is 2. The molecule has 2 atom stereocenters. The molecule has 0 amide bonds. The Morgan fingerprint density at radius 2 is 2.50 bits per heavy atom. The van der Waals surface area contributed by atoms with E-state index in [4.69, 9.17) is 4.74 Å². The molecule has 0 aromatic heterocycles. The summed E-state index contributed by atoms with van der Waals surface area (Å²) in [5.41, 5.74) is 0. The zero-order valence-electron chi connectivity index (χ0n) is 8.87. The van der Waals surface area contributed by atoms with Crippen molar-refractivity contribution in [3.63, 3.8) is 0 Å². The van der Waals surface area contributed by atoms with Crippen LogP contribution < -0.4 is 5.32 Å². The molecule has 1 rings (SSSR count). The van der Waals surface area contributed by atoms with Crippen molar-refractivity contribution in [3.8, 4) is 0 Å². The van der Waals surface area contributed by atoms with Gasteiger partial charge in [0, 0.05) is 13.2 Å². The first-order valence-corrected chi connectivity index (χ1v) is 6.52. The van der Waals surface area contributed by atoms with Gasteiger partial charge in [-0.25, -0.2) is 0 Å². The number of rotatable bonds is 7. The van der Waals surface area contributed by atoms with Crippen LogP contribution in [0, 0.1) is 5.92 Å². The molecule has 84 valence electrons. The second kappa shape index (κ2) is 7.51. The molecule has 1 aliphatic heterocycles. The quantitative estimate of drug-likeness (QED) is 0.662. The predicted molar refractivity (Wildman–Crippen MR) is 60.8 cm³/mol. The van der Waals surface area contributed by atoms with Crippen molar-refractivity contribution >= 4 is 11.8 Å². The van der Waals surface area contributed by atoms with E-state index in [0.717, 1.165) is 12.5 Å². The molecule has 14 heavy (non-hydrogen) atoms. The number of ether oxygens (including phenoxy) is 1. The van der Waals surface area contributed by atoms with Gasteiger partial charge in [0.15, 0.2) is 0 Å². The van der Waals surface area contributed by atoms with E-state index in [-0.39, 0.29) is 6.10 Å². The molecule has 1 saturated heterocycles. The lowest BCUT2D eigenvalue weighted by Crippen LogP contribution is -2.33. The molecule has 1 fully saturated rings. The van der Waals surface area contributed by atoms with E-state index < -0.39 is 0 Å². The third kappa shape index (κ3) is 5.20. The molecule has 0 saturated carbocycles. The van der Waals surface area contributed by atoms with Gasteiger partial charge in [0.05, 0.1) is 12.7 Å². The van der Waals surface area contributed by atoms with E-state index in [1.54, 1.807) is 0 Å². The smallest absolute Gasteiger partial charge is 0.0897 e. The highest BCUT2D eigenvalue weighted by Gasteiger charge is 2.15. The molecular formula is C10H21NO2S. The second-order valence-electron chi connectivity index (χ2n) is 3.70. The maximum absolute atomic E-state index is 9.46. The predicted octanol–water partition coefficient (Wildman–Crippen LogP) is 0.726. The van der Waals surface area contributed by atoms with Gasteiger partial charge in [-0.05, 0) is 37.3 Å². The average molecular weight is 219 g/mol. The average Bonchev–Trinajstić information content (AvgIpc) is 2.67. The Hall–Kier alpha value is 0.230. The molecule has 1 aliphatic rings. The molecule has 0 spiro atoms. The summed E-state index contributed by atoms with van der Waals surface area (Å²) in [5, 5.41) is 12.8. The van der Waals surface area contributed by atoms with Gasteiger partial charge in [0.25, 0.3) is 0 Å². The van der Waals surface area contributed by atoms with Crippen LogP contribution in [0.2, 0.25) is 0 Å². The van der Waals surface area contributed by atoms with Crippen LogP contribution in [0.15, 0.2) is 0 Å². The Morgan fingerprint density at radius 1 is 1.64 bits per heavy atom. The summed E-state index contributed by atoms with van der Waals surface area (Å²) in [6.07, 6.45) is 0.961. The third-order valence-electron chi connectivity index (χ3n) is 2.35. The highest BCUT2D eigenvalue weighted by molar-refractivity contribution is 7.99. The molecule has 3 nitrogen and oxygen atoms in total. The summed E-state index contributed by atoms with van der Waals surface area (Å²) in [4.78, 5) is 0. The molecule has 1 heterocycles. The second-order valence-corrected chi connectivity index (χ2v) is 4.85. The zero-order chi connectivity index (χ0) is 10.2. The van der Waals surface area contributed by atoms with Crippen molar-refractivity contribution in [1.29, 1.82) is 0 Å². The fourth-order valence-electron chi connectivity index (χ4n) is 1.51. The highest BCUT2D eigenvalue weighted by Crippen LogP contribution is 2.22. The fourth-order valence-corrected chi connectivity index (χ4v) is 2.80. The van der Waals surface area contributed by atoms with Crippen LogP contribution in [0.4, 0.5) is 0 Å². The summed E-state index contributed by atoms with van der Waals surface area (Å²) in [6.45, 7) is 4.76. The normalized spacial score (nSPS) is 24.0. The van der Waals surface area contributed by atoms with Gasteiger partial charge in [-0.3, -0.25) is 0 Å². The summed E-state index contributed by atoms with van der Waals surface area (Å²) < 4.78 is 5.12. The Balaban J connectivity index is 1.91. The van der Waals surface area contributed by atoms with E-state index in [2.05, 4.69) is 5.32 Å². The lowest BCUT2D eigenvalue weighted by molar-refractivity contribution is 0.0425. The van der Waals surface area contributed by atoms with Gasteiger partial charge in [-0.2, -0.15) is 11.8 Å². The topological polar surface area (TPSA) is 41.5 Å². The monoisotopic (exact) mass is 219 g/mol. The number of aliphatic hydroxyl groups is 1.